The lowest BCUT2D eigenvalue weighted by atomic mass is 9.96. The van der Waals surface area contributed by atoms with E-state index in [9.17, 15) is 9.59 Å². The topological polar surface area (TPSA) is 104 Å². The van der Waals surface area contributed by atoms with Crippen LogP contribution in [0.15, 0.2) is 40.2 Å². The molecule has 3 heterocycles. The fourth-order valence-electron chi connectivity index (χ4n) is 3.91. The molecule has 1 aliphatic heterocycles. The second kappa shape index (κ2) is 10.3. The highest BCUT2D eigenvalue weighted by Crippen LogP contribution is 2.32. The summed E-state index contributed by atoms with van der Waals surface area (Å²) in [6, 6.07) is 9.58. The minimum absolute atomic E-state index is 0.0706. The first-order valence-corrected chi connectivity index (χ1v) is 12.2. The van der Waals surface area contributed by atoms with E-state index in [-0.39, 0.29) is 17.7 Å². The first-order valence-electron chi connectivity index (χ1n) is 10.9. The molecule has 0 atom stereocenters. The van der Waals surface area contributed by atoms with Gasteiger partial charge in [-0.3, -0.25) is 20.0 Å². The smallest absolute Gasteiger partial charge is 0.289 e. The number of nitrogens with one attached hydrogen (secondary N) is 2. The lowest BCUT2D eigenvalue weighted by Gasteiger charge is -2.31. The number of amides is 2. The predicted molar refractivity (Wildman–Crippen MR) is 134 cm³/mol. The van der Waals surface area contributed by atoms with Gasteiger partial charge in [0.2, 0.25) is 0 Å². The summed E-state index contributed by atoms with van der Waals surface area (Å²) in [5, 5.41) is 11.4. The number of thiocarbonyl (C=S) groups is 1. The largest absolute Gasteiger partial charge is 0.364 e. The Morgan fingerprint density at radius 2 is 1.94 bits per heavy atom. The summed E-state index contributed by atoms with van der Waals surface area (Å²) < 4.78 is 5.37. The summed E-state index contributed by atoms with van der Waals surface area (Å²) in [6.45, 7) is 2.97. The van der Waals surface area contributed by atoms with Gasteiger partial charge in [0.15, 0.2) is 5.11 Å². The second-order valence-electron chi connectivity index (χ2n) is 8.02. The number of hydrazine groups is 1. The Morgan fingerprint density at radius 3 is 2.62 bits per heavy atom. The van der Waals surface area contributed by atoms with E-state index in [0.29, 0.717) is 40.9 Å². The maximum absolute atomic E-state index is 13.3. The predicted octanol–water partition coefficient (Wildman–Crippen LogP) is 3.21. The number of aromatic nitrogens is 2. The van der Waals surface area contributed by atoms with Gasteiger partial charge in [0, 0.05) is 44.0 Å². The summed E-state index contributed by atoms with van der Waals surface area (Å²) >= 11 is 6.57. The molecule has 1 fully saturated rings. The highest BCUT2D eigenvalue weighted by Gasteiger charge is 2.31. The van der Waals surface area contributed by atoms with E-state index in [4.69, 9.17) is 16.7 Å². The molecule has 3 aromatic rings. The molecule has 2 amide bonds. The van der Waals surface area contributed by atoms with E-state index < -0.39 is 0 Å². The lowest BCUT2D eigenvalue weighted by molar-refractivity contribution is 0.0711. The van der Waals surface area contributed by atoms with Crippen molar-refractivity contribution in [1.82, 2.24) is 30.8 Å². The van der Waals surface area contributed by atoms with Crippen molar-refractivity contribution in [3.8, 4) is 11.3 Å². The summed E-state index contributed by atoms with van der Waals surface area (Å²) in [6.07, 6.45) is 1.55. The molecule has 0 aliphatic carbocycles. The fourth-order valence-corrected chi connectivity index (χ4v) is 4.93. The molecule has 0 saturated carbocycles. The van der Waals surface area contributed by atoms with Crippen LogP contribution >= 0.6 is 23.6 Å². The van der Waals surface area contributed by atoms with Crippen LogP contribution in [0.2, 0.25) is 0 Å². The van der Waals surface area contributed by atoms with Crippen LogP contribution in [0.3, 0.4) is 0 Å². The SMILES string of the molecule is CNC(=S)N(C)NC(=O)c1csc(C2CCN(C(=O)c3c(-c4ccccc4)noc3C)CC2)n1. The van der Waals surface area contributed by atoms with Crippen molar-refractivity contribution in [2.75, 3.05) is 27.2 Å². The van der Waals surface area contributed by atoms with Gasteiger partial charge in [-0.05, 0) is 32.0 Å². The molecule has 178 valence electrons. The van der Waals surface area contributed by atoms with Crippen molar-refractivity contribution in [3.63, 3.8) is 0 Å². The Bertz CT molecular complexity index is 1180. The van der Waals surface area contributed by atoms with Gasteiger partial charge in [-0.25, -0.2) is 4.98 Å². The van der Waals surface area contributed by atoms with E-state index in [1.807, 2.05) is 35.2 Å². The van der Waals surface area contributed by atoms with Crippen LogP contribution in [-0.4, -0.2) is 64.2 Å². The van der Waals surface area contributed by atoms with Gasteiger partial charge < -0.3 is 14.7 Å². The minimum Gasteiger partial charge on any atom is -0.364 e. The number of carbonyl (C=O) groups excluding carboxylic acids is 2. The first kappa shape index (κ1) is 23.8. The van der Waals surface area contributed by atoms with E-state index in [1.165, 1.54) is 16.3 Å². The zero-order valence-electron chi connectivity index (χ0n) is 19.2. The molecule has 0 radical (unpaired) electrons. The monoisotopic (exact) mass is 498 g/mol. The number of benzene rings is 1. The highest BCUT2D eigenvalue weighted by atomic mass is 32.1. The third-order valence-electron chi connectivity index (χ3n) is 5.80. The van der Waals surface area contributed by atoms with Crippen molar-refractivity contribution in [2.24, 2.45) is 0 Å². The van der Waals surface area contributed by atoms with Gasteiger partial charge in [0.25, 0.3) is 11.8 Å². The van der Waals surface area contributed by atoms with Gasteiger partial charge in [0.1, 0.15) is 22.7 Å². The summed E-state index contributed by atoms with van der Waals surface area (Å²) in [4.78, 5) is 32.2. The standard InChI is InChI=1S/C23H26N6O3S2/c1-14-18(19(27-32-14)15-7-5-4-6-8-15)22(31)29-11-9-16(10-12-29)21-25-17(13-34-21)20(30)26-28(3)23(33)24-2/h4-8,13,16H,9-12H2,1-3H3,(H,24,33)(H,26,30). The van der Waals surface area contributed by atoms with Crippen molar-refractivity contribution in [2.45, 2.75) is 25.7 Å². The quantitative estimate of drug-likeness (QED) is 0.418. The zero-order chi connectivity index (χ0) is 24.2. The van der Waals surface area contributed by atoms with Gasteiger partial charge in [0.05, 0.1) is 5.01 Å². The van der Waals surface area contributed by atoms with Crippen LogP contribution in [0.25, 0.3) is 11.3 Å². The Kier molecular flexibility index (Phi) is 7.23. The molecular formula is C23H26N6O3S2. The molecule has 34 heavy (non-hydrogen) atoms. The number of piperidine rings is 1. The maximum atomic E-state index is 13.3. The van der Waals surface area contributed by atoms with E-state index in [0.717, 1.165) is 23.4 Å². The van der Waals surface area contributed by atoms with E-state index in [1.54, 1.807) is 26.4 Å². The van der Waals surface area contributed by atoms with E-state index >= 15 is 0 Å². The molecular weight excluding hydrogens is 472 g/mol. The van der Waals surface area contributed by atoms with Crippen molar-refractivity contribution < 1.29 is 14.1 Å². The number of rotatable bonds is 4. The number of hydrogen-bond donors (Lipinski definition) is 2. The third kappa shape index (κ3) is 4.95. The molecule has 0 unspecified atom stereocenters. The van der Waals surface area contributed by atoms with E-state index in [2.05, 4.69) is 20.9 Å². The number of aryl methyl sites for hydroxylation is 1. The third-order valence-corrected chi connectivity index (χ3v) is 7.28. The average molecular weight is 499 g/mol. The number of carbonyl (C=O) groups is 2. The van der Waals surface area contributed by atoms with Gasteiger partial charge in [-0.1, -0.05) is 35.5 Å². The molecule has 9 nitrogen and oxygen atoms in total. The fraction of sp³-hybridized carbons (Fsp3) is 0.348. The van der Waals surface area contributed by atoms with Crippen molar-refractivity contribution in [3.05, 3.63) is 57.7 Å². The van der Waals surface area contributed by atoms with Crippen LogP contribution in [-0.2, 0) is 0 Å². The summed E-state index contributed by atoms with van der Waals surface area (Å²) in [5.41, 5.74) is 4.99. The highest BCUT2D eigenvalue weighted by molar-refractivity contribution is 7.80. The molecule has 2 aromatic heterocycles. The Balaban J connectivity index is 1.39. The normalized spacial score (nSPS) is 14.0. The maximum Gasteiger partial charge on any atom is 0.289 e. The Hall–Kier alpha value is -3.31. The Labute approximate surface area is 207 Å². The number of likely N-dealkylation sites (tertiary alicyclic amines) is 1. The van der Waals surface area contributed by atoms with Crippen LogP contribution in [0.4, 0.5) is 0 Å². The summed E-state index contributed by atoms with van der Waals surface area (Å²) in [5.74, 6) is 0.332. The molecule has 2 N–H and O–H groups in total. The van der Waals surface area contributed by atoms with Crippen molar-refractivity contribution >= 4 is 40.5 Å². The second-order valence-corrected chi connectivity index (χ2v) is 9.30. The Morgan fingerprint density at radius 1 is 1.24 bits per heavy atom. The van der Waals surface area contributed by atoms with Gasteiger partial charge in [-0.2, -0.15) is 0 Å². The number of thiazole rings is 1. The summed E-state index contributed by atoms with van der Waals surface area (Å²) in [7, 11) is 3.35. The first-order chi connectivity index (χ1) is 16.4. The molecule has 0 bridgehead atoms. The average Bonchev–Trinajstić information content (AvgIpc) is 3.51. The van der Waals surface area contributed by atoms with Crippen molar-refractivity contribution in [1.29, 1.82) is 0 Å². The number of hydrogen-bond acceptors (Lipinski definition) is 7. The minimum atomic E-state index is -0.313. The van der Waals surface area contributed by atoms with Gasteiger partial charge in [-0.15, -0.1) is 11.3 Å². The molecule has 0 spiro atoms. The van der Waals surface area contributed by atoms with Crippen LogP contribution < -0.4 is 10.7 Å². The number of nitrogens with zero attached hydrogens (tertiary/aromatic N) is 4. The van der Waals surface area contributed by atoms with Crippen LogP contribution in [0, 0.1) is 6.92 Å². The van der Waals surface area contributed by atoms with Gasteiger partial charge >= 0.3 is 0 Å². The molecule has 1 saturated heterocycles. The van der Waals surface area contributed by atoms with Crippen LogP contribution in [0.5, 0.6) is 0 Å². The molecule has 1 aromatic carbocycles. The molecule has 4 rings (SSSR count). The van der Waals surface area contributed by atoms with Crippen LogP contribution in [0.1, 0.15) is 50.4 Å². The molecule has 1 aliphatic rings. The lowest BCUT2D eigenvalue weighted by Crippen LogP contribution is -2.47. The molecule has 11 heteroatoms. The zero-order valence-corrected chi connectivity index (χ0v) is 20.8.